The van der Waals surface area contributed by atoms with Crippen LogP contribution in [-0.2, 0) is 0 Å². The van der Waals surface area contributed by atoms with Gasteiger partial charge in [-0.05, 0) is 88.4 Å². The van der Waals surface area contributed by atoms with Crippen molar-refractivity contribution in [3.05, 3.63) is 22.3 Å². The van der Waals surface area contributed by atoms with E-state index in [4.69, 9.17) is 0 Å². The zero-order chi connectivity index (χ0) is 17.5. The van der Waals surface area contributed by atoms with Crippen molar-refractivity contribution in [3.8, 4) is 0 Å². The lowest BCUT2D eigenvalue weighted by molar-refractivity contribution is 0.342. The standard InChI is InChI=1S/C23H40N2/c1-3-5-15-24-17-23(18-25-16-6-4-2)21-13-9-7-11-19(21)20-12-8-10-14-22(20)23/h24-25H,3-18H2,1-2H3. The van der Waals surface area contributed by atoms with Crippen LogP contribution in [0.1, 0.15) is 90.9 Å². The van der Waals surface area contributed by atoms with Gasteiger partial charge in [-0.3, -0.25) is 0 Å². The normalized spacial score (nSPS) is 22.3. The van der Waals surface area contributed by atoms with Gasteiger partial charge in [0.05, 0.1) is 0 Å². The molecule has 0 aliphatic heterocycles. The highest BCUT2D eigenvalue weighted by Crippen LogP contribution is 2.56. The van der Waals surface area contributed by atoms with E-state index in [1.165, 1.54) is 103 Å². The number of rotatable bonds is 10. The molecule has 3 aliphatic rings. The van der Waals surface area contributed by atoms with Crippen LogP contribution in [0.25, 0.3) is 0 Å². The van der Waals surface area contributed by atoms with Crippen LogP contribution >= 0.6 is 0 Å². The van der Waals surface area contributed by atoms with E-state index in [2.05, 4.69) is 24.5 Å². The summed E-state index contributed by atoms with van der Waals surface area (Å²) in [5.74, 6) is 0. The topological polar surface area (TPSA) is 24.1 Å². The number of nitrogens with one attached hydrogen (secondary N) is 2. The number of hydrogen-bond acceptors (Lipinski definition) is 2. The summed E-state index contributed by atoms with van der Waals surface area (Å²) in [5.41, 5.74) is 7.64. The summed E-state index contributed by atoms with van der Waals surface area (Å²) < 4.78 is 0. The fourth-order valence-corrected chi connectivity index (χ4v) is 5.41. The fourth-order valence-electron chi connectivity index (χ4n) is 5.41. The second-order valence-corrected chi connectivity index (χ2v) is 8.47. The highest BCUT2D eigenvalue weighted by molar-refractivity contribution is 5.56. The van der Waals surface area contributed by atoms with Crippen molar-refractivity contribution in [2.24, 2.45) is 5.41 Å². The molecule has 2 N–H and O–H groups in total. The Morgan fingerprint density at radius 3 is 1.56 bits per heavy atom. The average molecular weight is 345 g/mol. The summed E-state index contributed by atoms with van der Waals surface area (Å²) in [6, 6.07) is 0. The summed E-state index contributed by atoms with van der Waals surface area (Å²) in [4.78, 5) is 0. The summed E-state index contributed by atoms with van der Waals surface area (Å²) in [6.07, 6.45) is 16.3. The molecular weight excluding hydrogens is 304 g/mol. The van der Waals surface area contributed by atoms with Crippen molar-refractivity contribution in [1.29, 1.82) is 0 Å². The maximum Gasteiger partial charge on any atom is 0.0381 e. The second kappa shape index (κ2) is 9.37. The molecule has 0 unspecified atom stereocenters. The largest absolute Gasteiger partial charge is 0.315 e. The van der Waals surface area contributed by atoms with Gasteiger partial charge in [-0.1, -0.05) is 37.8 Å². The highest BCUT2D eigenvalue weighted by atomic mass is 14.9. The molecule has 142 valence electrons. The minimum Gasteiger partial charge on any atom is -0.315 e. The lowest BCUT2D eigenvalue weighted by atomic mass is 9.71. The molecule has 0 saturated carbocycles. The highest BCUT2D eigenvalue weighted by Gasteiger charge is 2.46. The minimum absolute atomic E-state index is 0.312. The van der Waals surface area contributed by atoms with Crippen molar-refractivity contribution in [2.75, 3.05) is 26.2 Å². The van der Waals surface area contributed by atoms with E-state index in [1.54, 1.807) is 0 Å². The van der Waals surface area contributed by atoms with Gasteiger partial charge < -0.3 is 10.6 Å². The summed E-state index contributed by atoms with van der Waals surface area (Å²) in [5, 5.41) is 7.74. The number of allylic oxidation sites excluding steroid dienone is 2. The van der Waals surface area contributed by atoms with Gasteiger partial charge in [0.2, 0.25) is 0 Å². The Labute approximate surface area is 155 Å². The molecule has 25 heavy (non-hydrogen) atoms. The maximum absolute atomic E-state index is 3.87. The molecule has 0 bridgehead atoms. The van der Waals surface area contributed by atoms with Crippen LogP contribution in [-0.4, -0.2) is 26.2 Å². The lowest BCUT2D eigenvalue weighted by Gasteiger charge is -2.39. The van der Waals surface area contributed by atoms with Gasteiger partial charge in [-0.25, -0.2) is 0 Å². The number of unbranched alkanes of at least 4 members (excludes halogenated alkanes) is 2. The molecule has 0 aromatic heterocycles. The average Bonchev–Trinajstić information content (AvgIpc) is 2.94. The van der Waals surface area contributed by atoms with Crippen molar-refractivity contribution in [1.82, 2.24) is 10.6 Å². The van der Waals surface area contributed by atoms with E-state index in [1.807, 2.05) is 22.3 Å². The first-order chi connectivity index (χ1) is 12.3. The Bertz CT molecular complexity index is 454. The molecular formula is C23H40N2. The quantitative estimate of drug-likeness (QED) is 0.511. The van der Waals surface area contributed by atoms with Gasteiger partial charge in [-0.2, -0.15) is 0 Å². The minimum atomic E-state index is 0.312. The van der Waals surface area contributed by atoms with Gasteiger partial charge in [0.25, 0.3) is 0 Å². The van der Waals surface area contributed by atoms with Gasteiger partial charge in [0, 0.05) is 18.5 Å². The van der Waals surface area contributed by atoms with Crippen LogP contribution < -0.4 is 10.6 Å². The van der Waals surface area contributed by atoms with Gasteiger partial charge in [0.15, 0.2) is 0 Å². The molecule has 3 aliphatic carbocycles. The molecule has 0 spiro atoms. The van der Waals surface area contributed by atoms with Crippen LogP contribution in [0.4, 0.5) is 0 Å². The molecule has 0 heterocycles. The number of hydrogen-bond donors (Lipinski definition) is 2. The van der Waals surface area contributed by atoms with E-state index in [9.17, 15) is 0 Å². The third kappa shape index (κ3) is 4.06. The van der Waals surface area contributed by atoms with Crippen molar-refractivity contribution >= 4 is 0 Å². The van der Waals surface area contributed by atoms with Crippen LogP contribution in [0.3, 0.4) is 0 Å². The molecule has 0 aromatic carbocycles. The number of fused-ring (bicyclic) bond motifs is 1. The van der Waals surface area contributed by atoms with Crippen molar-refractivity contribution in [2.45, 2.75) is 90.9 Å². The maximum atomic E-state index is 3.87. The molecule has 0 atom stereocenters. The predicted octanol–water partition coefficient (Wildman–Crippen LogP) is 5.51. The Hall–Kier alpha value is -0.600. The molecule has 2 nitrogen and oxygen atoms in total. The zero-order valence-electron chi connectivity index (χ0n) is 16.8. The van der Waals surface area contributed by atoms with E-state index >= 15 is 0 Å². The summed E-state index contributed by atoms with van der Waals surface area (Å²) in [6.45, 7) is 9.29. The lowest BCUT2D eigenvalue weighted by Crippen LogP contribution is -2.45. The fraction of sp³-hybridized carbons (Fsp3) is 0.826. The third-order valence-corrected chi connectivity index (χ3v) is 6.72. The van der Waals surface area contributed by atoms with E-state index in [0.29, 0.717) is 5.41 Å². The Morgan fingerprint density at radius 1 is 0.680 bits per heavy atom. The Balaban J connectivity index is 1.84. The molecule has 0 saturated heterocycles. The van der Waals surface area contributed by atoms with Crippen LogP contribution in [0.5, 0.6) is 0 Å². The van der Waals surface area contributed by atoms with Crippen LogP contribution in [0.15, 0.2) is 22.3 Å². The molecule has 2 heteroatoms. The Kier molecular flexibility index (Phi) is 7.18. The zero-order valence-corrected chi connectivity index (χ0v) is 16.8. The first kappa shape index (κ1) is 19.2. The molecule has 3 rings (SSSR count). The van der Waals surface area contributed by atoms with Crippen molar-refractivity contribution in [3.63, 3.8) is 0 Å². The van der Waals surface area contributed by atoms with E-state index in [0.717, 1.165) is 0 Å². The first-order valence-electron chi connectivity index (χ1n) is 11.2. The molecule has 0 aromatic rings. The summed E-state index contributed by atoms with van der Waals surface area (Å²) in [7, 11) is 0. The summed E-state index contributed by atoms with van der Waals surface area (Å²) >= 11 is 0. The molecule has 0 fully saturated rings. The first-order valence-corrected chi connectivity index (χ1v) is 11.2. The molecule has 0 radical (unpaired) electrons. The molecule has 0 amide bonds. The SMILES string of the molecule is CCCCNCC1(CNCCCC)C2=C(CCCC2)C2=C1CCCC2. The predicted molar refractivity (Wildman–Crippen MR) is 109 cm³/mol. The van der Waals surface area contributed by atoms with Crippen LogP contribution in [0.2, 0.25) is 0 Å². The Morgan fingerprint density at radius 2 is 1.12 bits per heavy atom. The van der Waals surface area contributed by atoms with Gasteiger partial charge in [0.1, 0.15) is 0 Å². The third-order valence-electron chi connectivity index (χ3n) is 6.72. The van der Waals surface area contributed by atoms with Gasteiger partial charge >= 0.3 is 0 Å². The van der Waals surface area contributed by atoms with Crippen molar-refractivity contribution < 1.29 is 0 Å². The van der Waals surface area contributed by atoms with E-state index in [-0.39, 0.29) is 0 Å². The van der Waals surface area contributed by atoms with E-state index < -0.39 is 0 Å². The second-order valence-electron chi connectivity index (χ2n) is 8.47. The van der Waals surface area contributed by atoms with Gasteiger partial charge in [-0.15, -0.1) is 0 Å². The smallest absolute Gasteiger partial charge is 0.0381 e. The monoisotopic (exact) mass is 344 g/mol. The van der Waals surface area contributed by atoms with Crippen LogP contribution in [0, 0.1) is 5.41 Å².